The largest absolute Gasteiger partial charge is 0.486 e. The lowest BCUT2D eigenvalue weighted by atomic mass is 10.2. The van der Waals surface area contributed by atoms with Gasteiger partial charge in [-0.25, -0.2) is 4.39 Å². The number of carbonyl (C=O) groups is 2. The number of ether oxygens (including phenoxy) is 2. The Morgan fingerprint density at radius 3 is 2.69 bits per heavy atom. The minimum Gasteiger partial charge on any atom is -0.486 e. The van der Waals surface area contributed by atoms with Crippen molar-refractivity contribution in [3.63, 3.8) is 0 Å². The molecule has 2 N–H and O–H groups in total. The summed E-state index contributed by atoms with van der Waals surface area (Å²) >= 11 is 1.05. The van der Waals surface area contributed by atoms with E-state index in [1.54, 1.807) is 30.3 Å². The zero-order valence-electron chi connectivity index (χ0n) is 17.0. The van der Waals surface area contributed by atoms with E-state index in [0.29, 0.717) is 22.9 Å². The Labute approximate surface area is 187 Å². The maximum absolute atomic E-state index is 13.7. The predicted molar refractivity (Wildman–Crippen MR) is 116 cm³/mol. The molecule has 1 fully saturated rings. The number of amides is 2. The number of nitrogens with zero attached hydrogens (tertiary/aromatic N) is 2. The van der Waals surface area contributed by atoms with Gasteiger partial charge in [-0.3, -0.25) is 9.59 Å². The van der Waals surface area contributed by atoms with Crippen molar-refractivity contribution in [3.05, 3.63) is 69.9 Å². The van der Waals surface area contributed by atoms with Gasteiger partial charge in [0, 0.05) is 18.7 Å². The molecule has 2 heterocycles. The fourth-order valence-corrected chi connectivity index (χ4v) is 3.75. The average molecular weight is 456 g/mol. The van der Waals surface area contributed by atoms with Crippen LogP contribution in [0.3, 0.4) is 0 Å². The van der Waals surface area contributed by atoms with E-state index in [0.717, 1.165) is 30.8 Å². The predicted octanol–water partition coefficient (Wildman–Crippen LogP) is 3.42. The van der Waals surface area contributed by atoms with Crippen LogP contribution in [-0.4, -0.2) is 41.3 Å². The van der Waals surface area contributed by atoms with Crippen molar-refractivity contribution in [1.29, 1.82) is 0 Å². The van der Waals surface area contributed by atoms with Gasteiger partial charge in [0.15, 0.2) is 5.01 Å². The summed E-state index contributed by atoms with van der Waals surface area (Å²) in [6, 6.07) is 12.6. The van der Waals surface area contributed by atoms with E-state index < -0.39 is 11.7 Å². The molecule has 32 heavy (non-hydrogen) atoms. The van der Waals surface area contributed by atoms with Gasteiger partial charge < -0.3 is 20.1 Å². The van der Waals surface area contributed by atoms with E-state index in [1.807, 2.05) is 0 Å². The molecule has 0 aliphatic carbocycles. The second-order valence-electron chi connectivity index (χ2n) is 7.09. The Morgan fingerprint density at radius 2 is 1.94 bits per heavy atom. The van der Waals surface area contributed by atoms with Crippen molar-refractivity contribution in [2.24, 2.45) is 0 Å². The second kappa shape index (κ2) is 10.3. The van der Waals surface area contributed by atoms with E-state index in [-0.39, 0.29) is 29.3 Å². The first-order chi connectivity index (χ1) is 15.6. The smallest absolute Gasteiger partial charge is 0.286 e. The number of benzene rings is 2. The average Bonchev–Trinajstić information content (AvgIpc) is 3.50. The van der Waals surface area contributed by atoms with Crippen LogP contribution >= 0.6 is 11.3 Å². The molecule has 2 aromatic carbocycles. The molecule has 2 amide bonds. The molecule has 166 valence electrons. The first-order valence-electron chi connectivity index (χ1n) is 10.1. The molecule has 10 heteroatoms. The van der Waals surface area contributed by atoms with E-state index >= 15 is 0 Å². The van der Waals surface area contributed by atoms with Crippen LogP contribution in [0, 0.1) is 5.82 Å². The number of carbonyl (C=O) groups excluding carboxylic acids is 2. The Balaban J connectivity index is 1.26. The van der Waals surface area contributed by atoms with Crippen molar-refractivity contribution in [2.45, 2.75) is 25.6 Å². The molecule has 0 unspecified atom stereocenters. The molecule has 0 radical (unpaired) electrons. The quantitative estimate of drug-likeness (QED) is 0.539. The molecule has 0 spiro atoms. The van der Waals surface area contributed by atoms with Crippen LogP contribution in [-0.2, 0) is 11.3 Å². The van der Waals surface area contributed by atoms with Gasteiger partial charge >= 0.3 is 0 Å². The van der Waals surface area contributed by atoms with Gasteiger partial charge in [-0.1, -0.05) is 23.5 Å². The number of halogens is 1. The third-order valence-electron chi connectivity index (χ3n) is 4.78. The Bertz CT molecular complexity index is 1080. The molecule has 0 bridgehead atoms. The molecule has 1 saturated heterocycles. The summed E-state index contributed by atoms with van der Waals surface area (Å²) in [5.74, 6) is -0.690. The van der Waals surface area contributed by atoms with Gasteiger partial charge in [0.2, 0.25) is 5.01 Å². The summed E-state index contributed by atoms with van der Waals surface area (Å²) in [6.45, 7) is 1.36. The fourth-order valence-electron chi connectivity index (χ4n) is 3.10. The molecule has 1 aliphatic rings. The van der Waals surface area contributed by atoms with E-state index in [1.165, 1.54) is 18.2 Å². The minimum absolute atomic E-state index is 0.0744. The third-order valence-corrected chi connectivity index (χ3v) is 5.67. The first kappa shape index (κ1) is 21.8. The lowest BCUT2D eigenvalue weighted by Gasteiger charge is -2.11. The van der Waals surface area contributed by atoms with Crippen LogP contribution in [0.5, 0.6) is 5.75 Å². The first-order valence-corrected chi connectivity index (χ1v) is 10.9. The molecule has 3 aromatic rings. The molecule has 0 saturated carbocycles. The topological polar surface area (TPSA) is 102 Å². The normalized spacial score (nSPS) is 15.3. The Morgan fingerprint density at radius 1 is 1.12 bits per heavy atom. The molecular formula is C22H21FN4O4S. The standard InChI is InChI=1S/C22H21FN4O4S/c23-17-5-1-2-6-18(17)25-21(29)22-27-26-19(32-22)13-31-15-9-7-14(8-10-15)20(28)24-12-16-4-3-11-30-16/h1-2,5-10,16H,3-4,11-13H2,(H,24,28)(H,25,29)/t16-/m0/s1. The molecule has 1 aliphatic heterocycles. The summed E-state index contributed by atoms with van der Waals surface area (Å²) in [5.41, 5.74) is 0.601. The number of para-hydroxylation sites is 1. The Hall–Kier alpha value is -3.37. The van der Waals surface area contributed by atoms with Crippen LogP contribution < -0.4 is 15.4 Å². The lowest BCUT2D eigenvalue weighted by Crippen LogP contribution is -2.31. The van der Waals surface area contributed by atoms with Gasteiger partial charge in [-0.2, -0.15) is 0 Å². The van der Waals surface area contributed by atoms with Gasteiger partial charge in [0.1, 0.15) is 18.2 Å². The summed E-state index contributed by atoms with van der Waals surface area (Å²) in [4.78, 5) is 24.5. The molecular weight excluding hydrogens is 435 g/mol. The maximum atomic E-state index is 13.7. The number of nitrogens with one attached hydrogen (secondary N) is 2. The van der Waals surface area contributed by atoms with E-state index in [2.05, 4.69) is 20.8 Å². The van der Waals surface area contributed by atoms with Crippen LogP contribution in [0.15, 0.2) is 48.5 Å². The number of aromatic nitrogens is 2. The van der Waals surface area contributed by atoms with Crippen molar-refractivity contribution in [3.8, 4) is 5.75 Å². The SMILES string of the molecule is O=C(NC[C@@H]1CCCO1)c1ccc(OCc2nnc(C(=O)Nc3ccccc3F)s2)cc1. The fraction of sp³-hybridized carbons (Fsp3) is 0.273. The highest BCUT2D eigenvalue weighted by molar-refractivity contribution is 7.13. The van der Waals surface area contributed by atoms with Crippen molar-refractivity contribution in [2.75, 3.05) is 18.5 Å². The molecule has 4 rings (SSSR count). The number of anilines is 1. The van der Waals surface area contributed by atoms with Crippen LogP contribution in [0.4, 0.5) is 10.1 Å². The summed E-state index contributed by atoms with van der Waals surface area (Å²) in [7, 11) is 0. The second-order valence-corrected chi connectivity index (χ2v) is 8.16. The third kappa shape index (κ3) is 5.65. The Kier molecular flexibility index (Phi) is 7.03. The summed E-state index contributed by atoms with van der Waals surface area (Å²) in [6.07, 6.45) is 2.08. The van der Waals surface area contributed by atoms with Crippen molar-refractivity contribution in [1.82, 2.24) is 15.5 Å². The van der Waals surface area contributed by atoms with Crippen LogP contribution in [0.25, 0.3) is 0 Å². The highest BCUT2D eigenvalue weighted by atomic mass is 32.1. The van der Waals surface area contributed by atoms with Gasteiger partial charge in [-0.15, -0.1) is 10.2 Å². The summed E-state index contributed by atoms with van der Waals surface area (Å²) in [5, 5.41) is 13.7. The van der Waals surface area contributed by atoms with E-state index in [9.17, 15) is 14.0 Å². The molecule has 8 nitrogen and oxygen atoms in total. The van der Waals surface area contributed by atoms with Crippen LogP contribution in [0.2, 0.25) is 0 Å². The summed E-state index contributed by atoms with van der Waals surface area (Å²) < 4.78 is 24.8. The minimum atomic E-state index is -0.544. The number of hydrogen-bond donors (Lipinski definition) is 2. The van der Waals surface area contributed by atoms with Gasteiger partial charge in [0.05, 0.1) is 11.8 Å². The highest BCUT2D eigenvalue weighted by Crippen LogP contribution is 2.19. The number of rotatable bonds is 8. The lowest BCUT2D eigenvalue weighted by molar-refractivity contribution is 0.0857. The highest BCUT2D eigenvalue weighted by Gasteiger charge is 2.17. The van der Waals surface area contributed by atoms with Crippen molar-refractivity contribution >= 4 is 28.8 Å². The van der Waals surface area contributed by atoms with Crippen LogP contribution in [0.1, 0.15) is 38.0 Å². The van der Waals surface area contributed by atoms with Gasteiger partial charge in [-0.05, 0) is 49.2 Å². The van der Waals surface area contributed by atoms with Gasteiger partial charge in [0.25, 0.3) is 11.8 Å². The molecule has 1 atom stereocenters. The number of hydrogen-bond acceptors (Lipinski definition) is 7. The molecule has 1 aromatic heterocycles. The van der Waals surface area contributed by atoms with E-state index in [4.69, 9.17) is 9.47 Å². The van der Waals surface area contributed by atoms with Crippen molar-refractivity contribution < 1.29 is 23.5 Å². The zero-order chi connectivity index (χ0) is 22.3. The monoisotopic (exact) mass is 456 g/mol. The zero-order valence-corrected chi connectivity index (χ0v) is 17.9. The maximum Gasteiger partial charge on any atom is 0.286 e.